The predicted octanol–water partition coefficient (Wildman–Crippen LogP) is 1.97. The van der Waals surface area contributed by atoms with E-state index in [2.05, 4.69) is 10.3 Å². The highest BCUT2D eigenvalue weighted by Crippen LogP contribution is 2.36. The Morgan fingerprint density at radius 1 is 1.56 bits per heavy atom. The standard InChI is InChI=1S/C11H8N2O3/c14-11(15)9-4-7-10(16-9)6-2-1-3-12-8(6)5-13-7/h1-4,13H,5H2,(H,14,15). The molecular weight excluding hydrogens is 208 g/mol. The number of rotatable bonds is 1. The number of nitrogens with one attached hydrogen (secondary N) is 1. The van der Waals surface area contributed by atoms with Crippen LogP contribution >= 0.6 is 0 Å². The zero-order chi connectivity index (χ0) is 11.1. The summed E-state index contributed by atoms with van der Waals surface area (Å²) in [5.74, 6) is -0.581. The van der Waals surface area contributed by atoms with Crippen molar-refractivity contribution in [1.82, 2.24) is 4.98 Å². The molecule has 0 saturated carbocycles. The third kappa shape index (κ3) is 1.18. The summed E-state index contributed by atoms with van der Waals surface area (Å²) in [5.41, 5.74) is 2.42. The molecule has 0 aromatic carbocycles. The van der Waals surface area contributed by atoms with Crippen LogP contribution in [0.4, 0.5) is 5.69 Å². The summed E-state index contributed by atoms with van der Waals surface area (Å²) < 4.78 is 5.29. The van der Waals surface area contributed by atoms with Crippen molar-refractivity contribution in [3.05, 3.63) is 35.9 Å². The molecule has 2 aromatic heterocycles. The predicted molar refractivity (Wildman–Crippen MR) is 56.2 cm³/mol. The van der Waals surface area contributed by atoms with Crippen molar-refractivity contribution in [1.29, 1.82) is 0 Å². The van der Waals surface area contributed by atoms with Gasteiger partial charge in [-0.05, 0) is 12.1 Å². The highest BCUT2D eigenvalue weighted by atomic mass is 16.4. The lowest BCUT2D eigenvalue weighted by Crippen LogP contribution is -2.08. The number of pyridine rings is 1. The lowest BCUT2D eigenvalue weighted by atomic mass is 10.1. The van der Waals surface area contributed by atoms with E-state index < -0.39 is 5.97 Å². The molecular formula is C11H8N2O3. The Hall–Kier alpha value is -2.30. The number of hydrogen-bond acceptors (Lipinski definition) is 4. The summed E-state index contributed by atoms with van der Waals surface area (Å²) in [5, 5.41) is 11.9. The van der Waals surface area contributed by atoms with Crippen LogP contribution in [0.3, 0.4) is 0 Å². The number of nitrogens with zero attached hydrogens (tertiary/aromatic N) is 1. The van der Waals surface area contributed by atoms with E-state index in [0.29, 0.717) is 18.0 Å². The van der Waals surface area contributed by atoms with Crippen LogP contribution < -0.4 is 5.32 Å². The van der Waals surface area contributed by atoms with Gasteiger partial charge in [0, 0.05) is 17.8 Å². The van der Waals surface area contributed by atoms with Crippen molar-refractivity contribution >= 4 is 11.7 Å². The normalized spacial score (nSPS) is 12.5. The number of aromatic nitrogens is 1. The summed E-state index contributed by atoms with van der Waals surface area (Å²) >= 11 is 0. The lowest BCUT2D eigenvalue weighted by molar-refractivity contribution is 0.0663. The fraction of sp³-hybridized carbons (Fsp3) is 0.0909. The van der Waals surface area contributed by atoms with Gasteiger partial charge in [0.2, 0.25) is 5.76 Å². The van der Waals surface area contributed by atoms with E-state index in [-0.39, 0.29) is 5.76 Å². The molecule has 0 atom stereocenters. The van der Waals surface area contributed by atoms with Gasteiger partial charge in [0.15, 0.2) is 5.76 Å². The van der Waals surface area contributed by atoms with E-state index in [1.54, 1.807) is 12.3 Å². The zero-order valence-corrected chi connectivity index (χ0v) is 8.23. The first-order valence-corrected chi connectivity index (χ1v) is 4.81. The van der Waals surface area contributed by atoms with E-state index in [9.17, 15) is 4.79 Å². The Bertz CT molecular complexity index is 574. The summed E-state index contributed by atoms with van der Waals surface area (Å²) in [6.45, 7) is 0.585. The minimum atomic E-state index is -1.07. The highest BCUT2D eigenvalue weighted by Gasteiger charge is 2.23. The number of anilines is 1. The molecule has 3 rings (SSSR count). The third-order valence-electron chi connectivity index (χ3n) is 2.52. The van der Waals surface area contributed by atoms with E-state index in [4.69, 9.17) is 9.52 Å². The van der Waals surface area contributed by atoms with Crippen LogP contribution in [0.2, 0.25) is 0 Å². The Labute approximate surface area is 90.7 Å². The van der Waals surface area contributed by atoms with Crippen molar-refractivity contribution in [3.63, 3.8) is 0 Å². The number of fused-ring (bicyclic) bond motifs is 3. The maximum absolute atomic E-state index is 10.8. The Balaban J connectivity index is 2.20. The van der Waals surface area contributed by atoms with Crippen LogP contribution in [0.5, 0.6) is 0 Å². The lowest BCUT2D eigenvalue weighted by Gasteiger charge is -2.14. The van der Waals surface area contributed by atoms with Crippen LogP contribution in [-0.2, 0) is 6.54 Å². The summed E-state index contributed by atoms with van der Waals surface area (Å²) in [4.78, 5) is 15.0. The Kier molecular flexibility index (Phi) is 1.73. The van der Waals surface area contributed by atoms with Crippen molar-refractivity contribution in [2.24, 2.45) is 0 Å². The first-order valence-electron chi connectivity index (χ1n) is 4.81. The number of carboxylic acids is 1. The molecule has 0 fully saturated rings. The average Bonchev–Trinajstić information content (AvgIpc) is 2.73. The van der Waals surface area contributed by atoms with Gasteiger partial charge in [0.25, 0.3) is 0 Å². The first kappa shape index (κ1) is 8.96. The second kappa shape index (κ2) is 3.10. The number of carbonyl (C=O) groups is 1. The van der Waals surface area contributed by atoms with Gasteiger partial charge < -0.3 is 14.8 Å². The molecule has 0 bridgehead atoms. The van der Waals surface area contributed by atoms with Gasteiger partial charge in [-0.15, -0.1) is 0 Å². The van der Waals surface area contributed by atoms with Crippen molar-refractivity contribution < 1.29 is 14.3 Å². The summed E-state index contributed by atoms with van der Waals surface area (Å²) in [7, 11) is 0. The Morgan fingerprint density at radius 2 is 2.44 bits per heavy atom. The molecule has 2 N–H and O–H groups in total. The summed E-state index contributed by atoms with van der Waals surface area (Å²) in [6.07, 6.45) is 1.70. The minimum absolute atomic E-state index is 0.0609. The van der Waals surface area contributed by atoms with E-state index in [1.807, 2.05) is 6.07 Å². The van der Waals surface area contributed by atoms with Gasteiger partial charge in [-0.3, -0.25) is 4.98 Å². The fourth-order valence-corrected chi connectivity index (χ4v) is 1.79. The first-order chi connectivity index (χ1) is 7.75. The van der Waals surface area contributed by atoms with E-state index in [0.717, 1.165) is 11.3 Å². The van der Waals surface area contributed by atoms with Crippen LogP contribution in [0.15, 0.2) is 28.8 Å². The van der Waals surface area contributed by atoms with Crippen molar-refractivity contribution in [3.8, 4) is 11.3 Å². The quantitative estimate of drug-likeness (QED) is 0.762. The van der Waals surface area contributed by atoms with Gasteiger partial charge in [-0.2, -0.15) is 0 Å². The van der Waals surface area contributed by atoms with Gasteiger partial charge in [-0.1, -0.05) is 0 Å². The van der Waals surface area contributed by atoms with Gasteiger partial charge in [0.05, 0.1) is 17.9 Å². The Morgan fingerprint density at radius 3 is 3.25 bits per heavy atom. The number of hydrogen-bond donors (Lipinski definition) is 2. The van der Waals surface area contributed by atoms with Crippen LogP contribution in [-0.4, -0.2) is 16.1 Å². The second-order valence-corrected chi connectivity index (χ2v) is 3.51. The van der Waals surface area contributed by atoms with Crippen molar-refractivity contribution in [2.45, 2.75) is 6.54 Å². The molecule has 0 amide bonds. The highest BCUT2D eigenvalue weighted by molar-refractivity contribution is 5.89. The second-order valence-electron chi connectivity index (χ2n) is 3.51. The molecule has 0 spiro atoms. The minimum Gasteiger partial charge on any atom is -0.475 e. The maximum Gasteiger partial charge on any atom is 0.371 e. The SMILES string of the molecule is O=C(O)c1cc2c(o1)-c1cccnc1CN2. The molecule has 0 unspecified atom stereocenters. The van der Waals surface area contributed by atoms with Crippen LogP contribution in [0.25, 0.3) is 11.3 Å². The van der Waals surface area contributed by atoms with Crippen molar-refractivity contribution in [2.75, 3.05) is 5.32 Å². The molecule has 0 saturated heterocycles. The smallest absolute Gasteiger partial charge is 0.371 e. The topological polar surface area (TPSA) is 75.4 Å². The largest absolute Gasteiger partial charge is 0.475 e. The molecule has 16 heavy (non-hydrogen) atoms. The molecule has 0 aliphatic carbocycles. The van der Waals surface area contributed by atoms with E-state index >= 15 is 0 Å². The fourth-order valence-electron chi connectivity index (χ4n) is 1.79. The molecule has 3 heterocycles. The summed E-state index contributed by atoms with van der Waals surface area (Å²) in [6, 6.07) is 5.17. The third-order valence-corrected chi connectivity index (χ3v) is 2.52. The molecule has 80 valence electrons. The maximum atomic E-state index is 10.8. The van der Waals surface area contributed by atoms with Gasteiger partial charge in [0.1, 0.15) is 0 Å². The molecule has 5 heteroatoms. The molecule has 0 radical (unpaired) electrons. The monoisotopic (exact) mass is 216 g/mol. The van der Waals surface area contributed by atoms with Crippen LogP contribution in [0, 0.1) is 0 Å². The molecule has 5 nitrogen and oxygen atoms in total. The number of aromatic carboxylic acids is 1. The molecule has 2 aromatic rings. The molecule has 1 aliphatic rings. The van der Waals surface area contributed by atoms with Crippen LogP contribution in [0.1, 0.15) is 16.2 Å². The number of carboxylic acid groups (broad SMARTS) is 1. The average molecular weight is 216 g/mol. The van der Waals surface area contributed by atoms with Gasteiger partial charge in [-0.25, -0.2) is 4.79 Å². The van der Waals surface area contributed by atoms with Gasteiger partial charge >= 0.3 is 5.97 Å². The zero-order valence-electron chi connectivity index (χ0n) is 8.23. The molecule has 1 aliphatic heterocycles. The van der Waals surface area contributed by atoms with E-state index in [1.165, 1.54) is 6.07 Å². The number of furan rings is 1.